The molecule has 0 fully saturated rings. The molecule has 0 bridgehead atoms. The zero-order valence-electron chi connectivity index (χ0n) is 10.2. The van der Waals surface area contributed by atoms with Gasteiger partial charge in [-0.05, 0) is 0 Å². The minimum atomic E-state index is -3.95. The lowest BCUT2D eigenvalue weighted by Gasteiger charge is -2.01. The highest BCUT2D eigenvalue weighted by atomic mass is 32.2. The maximum atomic E-state index is 11.9. The van der Waals surface area contributed by atoms with Gasteiger partial charge in [-0.3, -0.25) is 14.2 Å². The van der Waals surface area contributed by atoms with Gasteiger partial charge >= 0.3 is 0 Å². The molecule has 2 aromatic rings. The van der Waals surface area contributed by atoms with Gasteiger partial charge in [0.25, 0.3) is 5.91 Å². The van der Waals surface area contributed by atoms with Crippen molar-refractivity contribution in [1.29, 1.82) is 0 Å². The van der Waals surface area contributed by atoms with Gasteiger partial charge in [0, 0.05) is 26.5 Å². The number of nitrogens with one attached hydrogen (secondary N) is 1. The van der Waals surface area contributed by atoms with Gasteiger partial charge in [-0.25, -0.2) is 13.6 Å². The van der Waals surface area contributed by atoms with Gasteiger partial charge in [0.05, 0.1) is 11.8 Å². The lowest BCUT2D eigenvalue weighted by atomic mass is 10.3. The molecule has 9 nitrogen and oxygen atoms in total. The third kappa shape index (κ3) is 2.80. The van der Waals surface area contributed by atoms with Crippen molar-refractivity contribution >= 4 is 21.7 Å². The molecule has 0 atom stereocenters. The van der Waals surface area contributed by atoms with E-state index >= 15 is 0 Å². The lowest BCUT2D eigenvalue weighted by molar-refractivity contribution is 0.102. The standard InChI is InChI=1S/C9H12N6O3S/c1-14-4-6(3-11-14)9(16)12-8-7(19(10,17)18)5-15(2)13-8/h3-5H,1-2H3,(H2,10,17,18)(H,12,13,16). The molecule has 10 heteroatoms. The SMILES string of the molecule is Cn1cc(C(=O)Nc2nn(C)cc2S(N)(=O)=O)cn1. The fourth-order valence-electron chi connectivity index (χ4n) is 1.48. The van der Waals surface area contributed by atoms with Crippen LogP contribution in [0.2, 0.25) is 0 Å². The van der Waals surface area contributed by atoms with Crippen LogP contribution in [0.15, 0.2) is 23.5 Å². The molecule has 1 amide bonds. The number of aromatic nitrogens is 4. The maximum Gasteiger partial charge on any atom is 0.260 e. The Morgan fingerprint density at radius 2 is 2.00 bits per heavy atom. The van der Waals surface area contributed by atoms with Crippen LogP contribution >= 0.6 is 0 Å². The second-order valence-electron chi connectivity index (χ2n) is 3.92. The first-order valence-corrected chi connectivity index (χ1v) is 6.68. The fraction of sp³-hybridized carbons (Fsp3) is 0.222. The Morgan fingerprint density at radius 1 is 1.32 bits per heavy atom. The Labute approximate surface area is 109 Å². The van der Waals surface area contributed by atoms with Crippen LogP contribution in [0, 0.1) is 0 Å². The van der Waals surface area contributed by atoms with Gasteiger partial charge in [0.1, 0.15) is 4.90 Å². The van der Waals surface area contributed by atoms with Crippen LogP contribution in [0.3, 0.4) is 0 Å². The van der Waals surface area contributed by atoms with E-state index in [0.29, 0.717) is 0 Å². The highest BCUT2D eigenvalue weighted by Gasteiger charge is 2.20. The van der Waals surface area contributed by atoms with E-state index in [1.807, 2.05) is 0 Å². The molecule has 2 heterocycles. The van der Waals surface area contributed by atoms with Crippen molar-refractivity contribution in [3.63, 3.8) is 0 Å². The molecule has 0 aromatic carbocycles. The Hall–Kier alpha value is -2.20. The number of hydrogen-bond acceptors (Lipinski definition) is 5. The number of rotatable bonds is 3. The van der Waals surface area contributed by atoms with Gasteiger partial charge in [-0.1, -0.05) is 0 Å². The molecule has 0 spiro atoms. The Bertz CT molecular complexity index is 729. The predicted molar refractivity (Wildman–Crippen MR) is 65.7 cm³/mol. The molecule has 2 aromatic heterocycles. The van der Waals surface area contributed by atoms with Crippen molar-refractivity contribution in [3.8, 4) is 0 Å². The number of anilines is 1. The summed E-state index contributed by atoms with van der Waals surface area (Å²) in [7, 11) is -0.772. The monoisotopic (exact) mass is 284 g/mol. The van der Waals surface area contributed by atoms with Crippen LogP contribution in [0.4, 0.5) is 5.82 Å². The summed E-state index contributed by atoms with van der Waals surface area (Å²) in [4.78, 5) is 11.6. The van der Waals surface area contributed by atoms with Crippen LogP contribution in [0.25, 0.3) is 0 Å². The van der Waals surface area contributed by atoms with Crippen molar-refractivity contribution in [2.24, 2.45) is 19.2 Å². The van der Waals surface area contributed by atoms with Crippen LogP contribution < -0.4 is 10.5 Å². The summed E-state index contributed by atoms with van der Waals surface area (Å²) in [5, 5.41) is 15.1. The van der Waals surface area contributed by atoms with Crippen molar-refractivity contribution in [1.82, 2.24) is 19.6 Å². The summed E-state index contributed by atoms with van der Waals surface area (Å²) in [6.45, 7) is 0. The molecule has 0 aliphatic heterocycles. The number of carbonyl (C=O) groups is 1. The van der Waals surface area contributed by atoms with Crippen LogP contribution in [0.1, 0.15) is 10.4 Å². The molecule has 0 saturated carbocycles. The van der Waals surface area contributed by atoms with E-state index in [-0.39, 0.29) is 16.3 Å². The van der Waals surface area contributed by atoms with Gasteiger partial charge in [-0.2, -0.15) is 10.2 Å². The normalized spacial score (nSPS) is 11.5. The third-order valence-electron chi connectivity index (χ3n) is 2.30. The summed E-state index contributed by atoms with van der Waals surface area (Å²) in [5.41, 5.74) is 0.286. The van der Waals surface area contributed by atoms with Gasteiger partial charge in [0.2, 0.25) is 10.0 Å². The molecule has 0 radical (unpaired) electrons. The minimum Gasteiger partial charge on any atom is -0.304 e. The zero-order chi connectivity index (χ0) is 14.2. The number of primary sulfonamides is 1. The number of carbonyl (C=O) groups excluding carboxylic acids is 1. The first kappa shape index (κ1) is 13.2. The average molecular weight is 284 g/mol. The van der Waals surface area contributed by atoms with Crippen molar-refractivity contribution in [2.45, 2.75) is 4.90 Å². The minimum absolute atomic E-state index is 0.112. The summed E-state index contributed by atoms with van der Waals surface area (Å²) < 4.78 is 25.4. The fourth-order valence-corrected chi connectivity index (χ4v) is 2.14. The van der Waals surface area contributed by atoms with Crippen molar-refractivity contribution in [2.75, 3.05) is 5.32 Å². The number of amides is 1. The van der Waals surface area contributed by atoms with E-state index in [1.165, 1.54) is 35.0 Å². The van der Waals surface area contributed by atoms with Crippen LogP contribution in [0.5, 0.6) is 0 Å². The summed E-state index contributed by atoms with van der Waals surface area (Å²) in [6.07, 6.45) is 4.07. The number of aryl methyl sites for hydroxylation is 2. The van der Waals surface area contributed by atoms with E-state index in [4.69, 9.17) is 5.14 Å². The van der Waals surface area contributed by atoms with Crippen LogP contribution in [-0.2, 0) is 24.1 Å². The molecule has 102 valence electrons. The molecule has 19 heavy (non-hydrogen) atoms. The Kier molecular flexibility index (Phi) is 3.12. The summed E-state index contributed by atoms with van der Waals surface area (Å²) in [5.74, 6) is -0.629. The lowest BCUT2D eigenvalue weighted by Crippen LogP contribution is -2.17. The zero-order valence-corrected chi connectivity index (χ0v) is 11.0. The van der Waals surface area contributed by atoms with Crippen molar-refractivity contribution < 1.29 is 13.2 Å². The maximum absolute atomic E-state index is 11.9. The number of nitrogens with zero attached hydrogens (tertiary/aromatic N) is 4. The number of sulfonamides is 1. The number of hydrogen-bond donors (Lipinski definition) is 2. The quantitative estimate of drug-likeness (QED) is 0.752. The predicted octanol–water partition coefficient (Wildman–Crippen LogP) is -0.947. The highest BCUT2D eigenvalue weighted by Crippen LogP contribution is 2.18. The molecule has 2 rings (SSSR count). The average Bonchev–Trinajstić information content (AvgIpc) is 2.84. The highest BCUT2D eigenvalue weighted by molar-refractivity contribution is 7.89. The van der Waals surface area contributed by atoms with E-state index in [0.717, 1.165) is 0 Å². The van der Waals surface area contributed by atoms with Crippen LogP contribution in [-0.4, -0.2) is 33.9 Å². The summed E-state index contributed by atoms with van der Waals surface area (Å²) in [6, 6.07) is 0. The van der Waals surface area contributed by atoms with E-state index in [1.54, 1.807) is 7.05 Å². The van der Waals surface area contributed by atoms with Gasteiger partial charge in [0.15, 0.2) is 5.82 Å². The van der Waals surface area contributed by atoms with Gasteiger partial charge < -0.3 is 5.32 Å². The van der Waals surface area contributed by atoms with E-state index in [9.17, 15) is 13.2 Å². The third-order valence-corrected chi connectivity index (χ3v) is 3.21. The molecule has 0 unspecified atom stereocenters. The van der Waals surface area contributed by atoms with Crippen molar-refractivity contribution in [3.05, 3.63) is 24.2 Å². The van der Waals surface area contributed by atoms with Gasteiger partial charge in [-0.15, -0.1) is 0 Å². The Balaban J connectivity index is 2.32. The summed E-state index contributed by atoms with van der Waals surface area (Å²) >= 11 is 0. The Morgan fingerprint density at radius 3 is 2.53 bits per heavy atom. The smallest absolute Gasteiger partial charge is 0.260 e. The molecule has 0 aliphatic carbocycles. The topological polar surface area (TPSA) is 125 Å². The molecule has 0 saturated heterocycles. The van der Waals surface area contributed by atoms with E-state index < -0.39 is 15.9 Å². The first-order valence-electron chi connectivity index (χ1n) is 5.14. The molecule has 0 aliphatic rings. The van der Waals surface area contributed by atoms with E-state index in [2.05, 4.69) is 15.5 Å². The molecular formula is C9H12N6O3S. The first-order chi connectivity index (χ1) is 8.77. The second kappa shape index (κ2) is 4.48. The number of nitrogens with two attached hydrogens (primary N) is 1. The molecular weight excluding hydrogens is 272 g/mol. The second-order valence-corrected chi connectivity index (χ2v) is 5.45. The molecule has 3 N–H and O–H groups in total. The largest absolute Gasteiger partial charge is 0.304 e.